The van der Waals surface area contributed by atoms with E-state index in [4.69, 9.17) is 9.47 Å². The van der Waals surface area contributed by atoms with Crippen molar-refractivity contribution in [3.05, 3.63) is 89.0 Å². The van der Waals surface area contributed by atoms with Gasteiger partial charge in [0.2, 0.25) is 5.91 Å². The highest BCUT2D eigenvalue weighted by Gasteiger charge is 2.22. The SMILES string of the molecule is COc1ccc(CC(=O)Nc2ccc(N3CCc4ccccc4C3)c(C(=O)NCCN3CCOCC3)c2)cc1. The number of hydrogen-bond acceptors (Lipinski definition) is 6. The third kappa shape index (κ3) is 6.96. The number of nitrogens with zero attached hydrogens (tertiary/aromatic N) is 2. The van der Waals surface area contributed by atoms with Crippen LogP contribution >= 0.6 is 0 Å². The summed E-state index contributed by atoms with van der Waals surface area (Å²) < 4.78 is 10.6. The average molecular weight is 529 g/mol. The summed E-state index contributed by atoms with van der Waals surface area (Å²) in [7, 11) is 1.62. The molecule has 39 heavy (non-hydrogen) atoms. The molecule has 5 rings (SSSR count). The first-order valence-electron chi connectivity index (χ1n) is 13.6. The van der Waals surface area contributed by atoms with Gasteiger partial charge in [0.1, 0.15) is 5.75 Å². The molecule has 0 saturated carbocycles. The van der Waals surface area contributed by atoms with Gasteiger partial charge in [-0.2, -0.15) is 0 Å². The predicted molar refractivity (Wildman–Crippen MR) is 153 cm³/mol. The van der Waals surface area contributed by atoms with E-state index in [1.807, 2.05) is 36.4 Å². The minimum Gasteiger partial charge on any atom is -0.497 e. The van der Waals surface area contributed by atoms with Crippen LogP contribution in [0.1, 0.15) is 27.0 Å². The van der Waals surface area contributed by atoms with E-state index in [1.165, 1.54) is 11.1 Å². The maximum absolute atomic E-state index is 13.5. The number of benzene rings is 3. The van der Waals surface area contributed by atoms with Crippen molar-refractivity contribution in [1.29, 1.82) is 0 Å². The first-order chi connectivity index (χ1) is 19.1. The molecule has 2 aliphatic heterocycles. The predicted octanol–water partition coefficient (Wildman–Crippen LogP) is 3.50. The quantitative estimate of drug-likeness (QED) is 0.443. The minimum atomic E-state index is -0.140. The van der Waals surface area contributed by atoms with Gasteiger partial charge >= 0.3 is 0 Å². The number of ether oxygens (including phenoxy) is 2. The van der Waals surface area contributed by atoms with E-state index in [2.05, 4.69) is 44.7 Å². The number of rotatable bonds is 9. The molecule has 2 aliphatic rings. The van der Waals surface area contributed by atoms with Crippen LogP contribution in [-0.4, -0.2) is 69.8 Å². The maximum atomic E-state index is 13.5. The van der Waals surface area contributed by atoms with Crippen molar-refractivity contribution < 1.29 is 19.1 Å². The summed E-state index contributed by atoms with van der Waals surface area (Å²) in [5.74, 6) is 0.473. The topological polar surface area (TPSA) is 83.1 Å². The number of morpholine rings is 1. The number of anilines is 2. The van der Waals surface area contributed by atoms with Crippen LogP contribution in [0.25, 0.3) is 0 Å². The average Bonchev–Trinajstić information content (AvgIpc) is 2.97. The number of fused-ring (bicyclic) bond motifs is 1. The highest BCUT2D eigenvalue weighted by Crippen LogP contribution is 2.30. The number of hydrogen-bond donors (Lipinski definition) is 2. The van der Waals surface area contributed by atoms with E-state index < -0.39 is 0 Å². The third-order valence-electron chi connectivity index (χ3n) is 7.34. The molecule has 2 N–H and O–H groups in total. The van der Waals surface area contributed by atoms with Crippen molar-refractivity contribution >= 4 is 23.2 Å². The zero-order valence-corrected chi connectivity index (χ0v) is 22.4. The lowest BCUT2D eigenvalue weighted by molar-refractivity contribution is -0.115. The van der Waals surface area contributed by atoms with Gasteiger partial charge in [0.25, 0.3) is 5.91 Å². The summed E-state index contributed by atoms with van der Waals surface area (Å²) in [6.45, 7) is 6.12. The maximum Gasteiger partial charge on any atom is 0.253 e. The Morgan fingerprint density at radius 2 is 1.72 bits per heavy atom. The summed E-state index contributed by atoms with van der Waals surface area (Å²) in [4.78, 5) is 30.8. The van der Waals surface area contributed by atoms with E-state index in [0.29, 0.717) is 17.8 Å². The Morgan fingerprint density at radius 1 is 0.949 bits per heavy atom. The summed E-state index contributed by atoms with van der Waals surface area (Å²) in [6, 6.07) is 21.5. The van der Waals surface area contributed by atoms with Crippen LogP contribution in [0, 0.1) is 0 Å². The Kier molecular flexibility index (Phi) is 8.75. The molecule has 0 atom stereocenters. The first-order valence-corrected chi connectivity index (χ1v) is 13.6. The number of methoxy groups -OCH3 is 1. The second-order valence-electron chi connectivity index (χ2n) is 9.96. The van der Waals surface area contributed by atoms with Gasteiger partial charge in [0, 0.05) is 50.6 Å². The van der Waals surface area contributed by atoms with Crippen LogP contribution < -0.4 is 20.3 Å². The van der Waals surface area contributed by atoms with Gasteiger partial charge in [-0.3, -0.25) is 14.5 Å². The van der Waals surface area contributed by atoms with Gasteiger partial charge in [-0.25, -0.2) is 0 Å². The molecule has 0 spiro atoms. The second-order valence-corrected chi connectivity index (χ2v) is 9.96. The van der Waals surface area contributed by atoms with Crippen LogP contribution in [0.5, 0.6) is 5.75 Å². The summed E-state index contributed by atoms with van der Waals surface area (Å²) >= 11 is 0. The van der Waals surface area contributed by atoms with Crippen molar-refractivity contribution in [3.63, 3.8) is 0 Å². The standard InChI is InChI=1S/C31H36N4O4/c1-38-27-9-6-23(7-10-27)20-30(36)33-26-8-11-29(35-14-12-24-4-2-3-5-25(24)22-35)28(21-26)31(37)32-13-15-34-16-18-39-19-17-34/h2-11,21H,12-20,22H2,1H3,(H,32,37)(H,33,36). The monoisotopic (exact) mass is 528 g/mol. The molecular formula is C31H36N4O4. The van der Waals surface area contributed by atoms with Gasteiger partial charge < -0.3 is 25.0 Å². The molecule has 3 aromatic rings. The molecule has 1 fully saturated rings. The van der Waals surface area contributed by atoms with Gasteiger partial charge in [-0.05, 0) is 53.4 Å². The van der Waals surface area contributed by atoms with Crippen LogP contribution in [-0.2, 0) is 28.9 Å². The van der Waals surface area contributed by atoms with E-state index >= 15 is 0 Å². The van der Waals surface area contributed by atoms with E-state index in [1.54, 1.807) is 13.2 Å². The number of carbonyl (C=O) groups excluding carboxylic acids is 2. The zero-order valence-electron chi connectivity index (χ0n) is 22.4. The zero-order chi connectivity index (χ0) is 27.0. The fourth-order valence-electron chi connectivity index (χ4n) is 5.15. The Bertz CT molecular complexity index is 1290. The summed E-state index contributed by atoms with van der Waals surface area (Å²) in [5.41, 5.74) is 5.57. The van der Waals surface area contributed by atoms with Crippen molar-refractivity contribution in [2.24, 2.45) is 0 Å². The molecule has 2 amide bonds. The first kappa shape index (κ1) is 26.7. The molecule has 0 radical (unpaired) electrons. The number of nitrogens with one attached hydrogen (secondary N) is 2. The van der Waals surface area contributed by atoms with Crippen molar-refractivity contribution in [2.75, 3.05) is 63.3 Å². The molecule has 0 unspecified atom stereocenters. The molecule has 3 aromatic carbocycles. The van der Waals surface area contributed by atoms with Gasteiger partial charge in [-0.1, -0.05) is 36.4 Å². The number of amides is 2. The Balaban J connectivity index is 1.31. The smallest absolute Gasteiger partial charge is 0.253 e. The van der Waals surface area contributed by atoms with Crippen LogP contribution in [0.3, 0.4) is 0 Å². The molecule has 204 valence electrons. The molecule has 8 nitrogen and oxygen atoms in total. The summed E-state index contributed by atoms with van der Waals surface area (Å²) in [6.07, 6.45) is 1.16. The normalized spacial score (nSPS) is 15.4. The van der Waals surface area contributed by atoms with Crippen molar-refractivity contribution in [2.45, 2.75) is 19.4 Å². The molecule has 1 saturated heterocycles. The van der Waals surface area contributed by atoms with E-state index in [9.17, 15) is 9.59 Å². The molecule has 0 bridgehead atoms. The van der Waals surface area contributed by atoms with Gasteiger partial charge in [-0.15, -0.1) is 0 Å². The van der Waals surface area contributed by atoms with Gasteiger partial charge in [0.15, 0.2) is 0 Å². The van der Waals surface area contributed by atoms with Crippen LogP contribution in [0.2, 0.25) is 0 Å². The molecule has 8 heteroatoms. The lowest BCUT2D eigenvalue weighted by atomic mass is 9.98. The molecule has 2 heterocycles. The Labute approximate surface area is 229 Å². The molecule has 0 aliphatic carbocycles. The van der Waals surface area contributed by atoms with Gasteiger partial charge in [0.05, 0.1) is 32.3 Å². The minimum absolute atomic E-state index is 0.136. The van der Waals surface area contributed by atoms with E-state index in [-0.39, 0.29) is 18.2 Å². The summed E-state index contributed by atoms with van der Waals surface area (Å²) in [5, 5.41) is 6.08. The highest BCUT2D eigenvalue weighted by molar-refractivity contribution is 6.02. The van der Waals surface area contributed by atoms with Crippen molar-refractivity contribution in [1.82, 2.24) is 10.2 Å². The molecular weight excluding hydrogens is 492 g/mol. The van der Waals surface area contributed by atoms with Crippen LogP contribution in [0.4, 0.5) is 11.4 Å². The van der Waals surface area contributed by atoms with Crippen LogP contribution in [0.15, 0.2) is 66.7 Å². The molecule has 0 aromatic heterocycles. The largest absolute Gasteiger partial charge is 0.497 e. The lowest BCUT2D eigenvalue weighted by Crippen LogP contribution is -2.41. The Morgan fingerprint density at radius 3 is 2.49 bits per heavy atom. The fraction of sp³-hybridized carbons (Fsp3) is 0.355. The number of carbonyl (C=O) groups is 2. The van der Waals surface area contributed by atoms with E-state index in [0.717, 1.165) is 69.4 Å². The highest BCUT2D eigenvalue weighted by atomic mass is 16.5. The fourth-order valence-corrected chi connectivity index (χ4v) is 5.15. The lowest BCUT2D eigenvalue weighted by Gasteiger charge is -2.32. The third-order valence-corrected chi connectivity index (χ3v) is 7.34. The van der Waals surface area contributed by atoms with Crippen molar-refractivity contribution in [3.8, 4) is 5.75 Å². The second kappa shape index (κ2) is 12.8. The Hall–Kier alpha value is -3.88.